The molecule has 0 aliphatic rings. The maximum absolute atomic E-state index is 13.2. The summed E-state index contributed by atoms with van der Waals surface area (Å²) in [7, 11) is 2.32. The summed E-state index contributed by atoms with van der Waals surface area (Å²) in [6.45, 7) is 0. The molecule has 7 heteroatoms. The maximum atomic E-state index is 13.2. The van der Waals surface area contributed by atoms with Gasteiger partial charge >= 0.3 is 11.9 Å². The number of ether oxygens (including phenoxy) is 2. The van der Waals surface area contributed by atoms with E-state index < -0.39 is 23.6 Å². The molecule has 0 saturated carbocycles. The topological polar surface area (TPSA) is 52.6 Å². The molecule has 0 unspecified atom stereocenters. The molecule has 0 radical (unpaired) electrons. The third kappa shape index (κ3) is 4.12. The van der Waals surface area contributed by atoms with Crippen LogP contribution in [0.15, 0.2) is 22.2 Å². The normalized spacial score (nSPS) is 11.2. The molecule has 0 heterocycles. The Labute approximate surface area is 122 Å². The van der Waals surface area contributed by atoms with Crippen LogP contribution < -0.4 is 0 Å². The van der Waals surface area contributed by atoms with Crippen molar-refractivity contribution in [2.45, 2.75) is 6.42 Å². The second kappa shape index (κ2) is 7.14. The van der Waals surface area contributed by atoms with Crippen molar-refractivity contribution in [3.05, 3.63) is 39.4 Å². The van der Waals surface area contributed by atoms with Crippen molar-refractivity contribution >= 4 is 33.9 Å². The van der Waals surface area contributed by atoms with E-state index in [9.17, 15) is 18.4 Å². The molecule has 0 bridgehead atoms. The first-order valence-electron chi connectivity index (χ1n) is 5.39. The molecule has 0 fully saturated rings. The van der Waals surface area contributed by atoms with E-state index in [0.717, 1.165) is 19.2 Å². The Kier molecular flexibility index (Phi) is 5.82. The van der Waals surface area contributed by atoms with Crippen LogP contribution in [0.2, 0.25) is 0 Å². The number of esters is 2. The summed E-state index contributed by atoms with van der Waals surface area (Å²) in [6.07, 6.45) is 0.893. The number of hydrogen-bond donors (Lipinski definition) is 0. The van der Waals surface area contributed by atoms with Gasteiger partial charge in [0.25, 0.3) is 0 Å². The van der Waals surface area contributed by atoms with Crippen molar-refractivity contribution in [2.75, 3.05) is 14.2 Å². The van der Waals surface area contributed by atoms with Crippen LogP contribution >= 0.6 is 15.9 Å². The molecule has 0 aromatic heterocycles. The molecule has 0 N–H and O–H groups in total. The zero-order valence-corrected chi connectivity index (χ0v) is 12.3. The number of hydrogen-bond acceptors (Lipinski definition) is 4. The minimum atomic E-state index is -1.07. The Morgan fingerprint density at radius 1 is 1.20 bits per heavy atom. The van der Waals surface area contributed by atoms with E-state index >= 15 is 0 Å². The second-order valence-electron chi connectivity index (χ2n) is 3.70. The first-order valence-corrected chi connectivity index (χ1v) is 6.18. The number of methoxy groups -OCH3 is 2. The average Bonchev–Trinajstić information content (AvgIpc) is 2.42. The SMILES string of the molecule is COC(=O)C/C(=C\c1cc(F)c(F)cc1Br)C(=O)OC. The van der Waals surface area contributed by atoms with Gasteiger partial charge in [0.2, 0.25) is 0 Å². The van der Waals surface area contributed by atoms with Gasteiger partial charge in [-0.3, -0.25) is 4.79 Å². The van der Waals surface area contributed by atoms with Gasteiger partial charge in [-0.1, -0.05) is 15.9 Å². The molecule has 1 rings (SSSR count). The fourth-order valence-corrected chi connectivity index (χ4v) is 1.81. The van der Waals surface area contributed by atoms with Gasteiger partial charge in [0.15, 0.2) is 11.6 Å². The molecule has 0 saturated heterocycles. The van der Waals surface area contributed by atoms with Crippen molar-refractivity contribution in [1.82, 2.24) is 0 Å². The fourth-order valence-electron chi connectivity index (χ4n) is 1.38. The van der Waals surface area contributed by atoms with E-state index in [1.807, 2.05) is 0 Å². The van der Waals surface area contributed by atoms with Crippen molar-refractivity contribution < 1.29 is 27.8 Å². The van der Waals surface area contributed by atoms with E-state index in [0.29, 0.717) is 0 Å². The van der Waals surface area contributed by atoms with E-state index in [1.54, 1.807) is 0 Å². The van der Waals surface area contributed by atoms with Gasteiger partial charge in [0.1, 0.15) is 0 Å². The van der Waals surface area contributed by atoms with E-state index in [4.69, 9.17) is 0 Å². The van der Waals surface area contributed by atoms with Crippen LogP contribution in [0.5, 0.6) is 0 Å². The lowest BCUT2D eigenvalue weighted by Crippen LogP contribution is -2.11. The number of carbonyl (C=O) groups excluding carboxylic acids is 2. The zero-order valence-electron chi connectivity index (χ0n) is 10.7. The van der Waals surface area contributed by atoms with Crippen LogP contribution in [0.1, 0.15) is 12.0 Å². The van der Waals surface area contributed by atoms with Crippen molar-refractivity contribution in [1.29, 1.82) is 0 Å². The molecule has 0 amide bonds. The van der Waals surface area contributed by atoms with Gasteiger partial charge in [0.05, 0.1) is 20.6 Å². The Morgan fingerprint density at radius 3 is 2.35 bits per heavy atom. The summed E-state index contributed by atoms with van der Waals surface area (Å²) in [5, 5.41) is 0. The predicted molar refractivity (Wildman–Crippen MR) is 70.7 cm³/mol. The predicted octanol–water partition coefficient (Wildman–Crippen LogP) is 2.85. The highest BCUT2D eigenvalue weighted by molar-refractivity contribution is 9.10. The van der Waals surface area contributed by atoms with Crippen LogP contribution in [0.3, 0.4) is 0 Å². The molecule has 108 valence electrons. The summed E-state index contributed by atoms with van der Waals surface area (Å²) < 4.78 is 35.4. The van der Waals surface area contributed by atoms with Crippen molar-refractivity contribution in [3.8, 4) is 0 Å². The largest absolute Gasteiger partial charge is 0.469 e. The van der Waals surface area contributed by atoms with E-state index in [-0.39, 0.29) is 22.0 Å². The molecular formula is C13H11BrF2O4. The monoisotopic (exact) mass is 348 g/mol. The van der Waals surface area contributed by atoms with Crippen LogP contribution in [0, 0.1) is 11.6 Å². The van der Waals surface area contributed by atoms with Gasteiger partial charge in [0, 0.05) is 10.0 Å². The molecule has 4 nitrogen and oxygen atoms in total. The smallest absolute Gasteiger partial charge is 0.334 e. The number of rotatable bonds is 4. The highest BCUT2D eigenvalue weighted by atomic mass is 79.9. The summed E-state index contributed by atoms with van der Waals surface area (Å²) in [4.78, 5) is 22.8. The van der Waals surface area contributed by atoms with Gasteiger partial charge in [-0.2, -0.15) is 0 Å². The lowest BCUT2D eigenvalue weighted by Gasteiger charge is -2.06. The average molecular weight is 349 g/mol. The van der Waals surface area contributed by atoms with Crippen molar-refractivity contribution in [2.24, 2.45) is 0 Å². The van der Waals surface area contributed by atoms with Crippen LogP contribution in [0.4, 0.5) is 8.78 Å². The summed E-state index contributed by atoms with van der Waals surface area (Å²) in [6, 6.07) is 1.83. The minimum absolute atomic E-state index is 0.0361. The molecule has 1 aromatic rings. The highest BCUT2D eigenvalue weighted by Gasteiger charge is 2.16. The first kappa shape index (κ1) is 16.3. The Morgan fingerprint density at radius 2 is 1.80 bits per heavy atom. The second-order valence-corrected chi connectivity index (χ2v) is 4.56. The highest BCUT2D eigenvalue weighted by Crippen LogP contribution is 2.24. The van der Waals surface area contributed by atoms with Crippen molar-refractivity contribution in [3.63, 3.8) is 0 Å². The molecule has 0 atom stereocenters. The number of benzene rings is 1. The van der Waals surface area contributed by atoms with Gasteiger partial charge < -0.3 is 9.47 Å². The summed E-state index contributed by atoms with van der Waals surface area (Å²) in [5.74, 6) is -3.50. The fraction of sp³-hybridized carbons (Fsp3) is 0.231. The Hall–Kier alpha value is -1.76. The zero-order chi connectivity index (χ0) is 15.3. The number of carbonyl (C=O) groups is 2. The van der Waals surface area contributed by atoms with Crippen LogP contribution in [-0.2, 0) is 19.1 Å². The first-order chi connectivity index (χ1) is 9.38. The van der Waals surface area contributed by atoms with Gasteiger partial charge in [-0.15, -0.1) is 0 Å². The standard InChI is InChI=1S/C13H11BrF2O4/c1-19-12(17)5-8(13(18)20-2)3-7-4-10(15)11(16)6-9(7)14/h3-4,6H,5H2,1-2H3/b8-3+. The minimum Gasteiger partial charge on any atom is -0.469 e. The quantitative estimate of drug-likeness (QED) is 0.477. The molecule has 0 aliphatic carbocycles. The van der Waals surface area contributed by atoms with E-state index in [2.05, 4.69) is 25.4 Å². The van der Waals surface area contributed by atoms with E-state index in [1.165, 1.54) is 13.2 Å². The molecule has 1 aromatic carbocycles. The maximum Gasteiger partial charge on any atom is 0.334 e. The number of halogens is 3. The Balaban J connectivity index is 3.22. The summed E-state index contributed by atoms with van der Waals surface area (Å²) >= 11 is 3.04. The lowest BCUT2D eigenvalue weighted by molar-refractivity contribution is -0.143. The lowest BCUT2D eigenvalue weighted by atomic mass is 10.1. The molecular weight excluding hydrogens is 338 g/mol. The summed E-state index contributed by atoms with van der Waals surface area (Å²) in [5.41, 5.74) is 0.166. The van der Waals surface area contributed by atoms with Gasteiger partial charge in [-0.25, -0.2) is 13.6 Å². The molecule has 0 spiro atoms. The van der Waals surface area contributed by atoms with Crippen LogP contribution in [0.25, 0.3) is 6.08 Å². The molecule has 0 aliphatic heterocycles. The molecule has 20 heavy (non-hydrogen) atoms. The van der Waals surface area contributed by atoms with Gasteiger partial charge in [-0.05, 0) is 23.8 Å². The third-order valence-corrected chi connectivity index (χ3v) is 3.07. The third-order valence-electron chi connectivity index (χ3n) is 2.38. The Bertz CT molecular complexity index is 570. The van der Waals surface area contributed by atoms with Crippen LogP contribution in [-0.4, -0.2) is 26.2 Å².